The van der Waals surface area contributed by atoms with E-state index in [1.807, 2.05) is 42.4 Å². The fourth-order valence-corrected chi connectivity index (χ4v) is 4.32. The smallest absolute Gasteiger partial charge is 0.319 e. The highest BCUT2D eigenvalue weighted by Crippen LogP contribution is 2.29. The van der Waals surface area contributed by atoms with E-state index in [4.69, 9.17) is 10.00 Å². The number of aryl methyl sites for hydroxylation is 1. The summed E-state index contributed by atoms with van der Waals surface area (Å²) in [7, 11) is 1.81. The molecule has 12 heteroatoms. The third-order valence-electron chi connectivity index (χ3n) is 6.24. The van der Waals surface area contributed by atoms with Crippen molar-refractivity contribution in [3.63, 3.8) is 0 Å². The Kier molecular flexibility index (Phi) is 9.11. The first-order chi connectivity index (χ1) is 19.8. The van der Waals surface area contributed by atoms with Gasteiger partial charge in [0, 0.05) is 69.4 Å². The Balaban J connectivity index is 0.00000124. The molecule has 2 aromatic heterocycles. The van der Waals surface area contributed by atoms with Gasteiger partial charge in [0.25, 0.3) is 5.91 Å². The molecule has 1 aliphatic rings. The van der Waals surface area contributed by atoms with Crippen molar-refractivity contribution >= 4 is 34.1 Å². The zero-order chi connectivity index (χ0) is 29.4. The van der Waals surface area contributed by atoms with Gasteiger partial charge in [-0.25, -0.2) is 0 Å². The Morgan fingerprint density at radius 1 is 1.17 bits per heavy atom. The van der Waals surface area contributed by atoms with E-state index in [1.165, 1.54) is 19.1 Å². The maximum absolute atomic E-state index is 13.4. The largest absolute Gasteiger partial charge is 0.508 e. The van der Waals surface area contributed by atoms with Gasteiger partial charge in [0.1, 0.15) is 23.9 Å². The summed E-state index contributed by atoms with van der Waals surface area (Å²) in [6, 6.07) is 14.0. The Morgan fingerprint density at radius 3 is 2.59 bits per heavy atom. The standard InChI is InChI=1S/C27H27N7O4.C2H3N/c1-3-25(36)34-10-8-33(9-11-34)24-14-23(30-27(31-24)38-17-18-15-28-32(2)16-18)26(37)29-22-13-20(35)12-19-6-4-5-7-21(19)22;1-2-3/h3-7,12-16,35H,1,8-11,17H2,2H3,(H,29,37);1H3. The number of nitrogens with zero attached hydrogens (tertiary/aromatic N) is 7. The van der Waals surface area contributed by atoms with Crippen LogP contribution in [-0.4, -0.2) is 67.7 Å². The second-order valence-corrected chi connectivity index (χ2v) is 9.11. The minimum atomic E-state index is -0.476. The second kappa shape index (κ2) is 13.1. The summed E-state index contributed by atoms with van der Waals surface area (Å²) in [5, 5.41) is 26.1. The van der Waals surface area contributed by atoms with Gasteiger partial charge < -0.3 is 25.0 Å². The lowest BCUT2D eigenvalue weighted by atomic mass is 10.1. The molecule has 0 spiro atoms. The van der Waals surface area contributed by atoms with Crippen molar-refractivity contribution in [2.45, 2.75) is 13.5 Å². The number of hydrogen-bond donors (Lipinski definition) is 2. The lowest BCUT2D eigenvalue weighted by molar-refractivity contribution is -0.126. The summed E-state index contributed by atoms with van der Waals surface area (Å²) in [5.74, 6) is -0.0463. The molecule has 1 aliphatic heterocycles. The van der Waals surface area contributed by atoms with Crippen molar-refractivity contribution in [3.8, 4) is 17.8 Å². The normalized spacial score (nSPS) is 12.6. The van der Waals surface area contributed by atoms with E-state index in [0.29, 0.717) is 37.7 Å². The number of nitriles is 1. The number of aromatic hydroxyl groups is 1. The molecule has 0 atom stereocenters. The molecule has 0 aliphatic carbocycles. The summed E-state index contributed by atoms with van der Waals surface area (Å²) in [4.78, 5) is 38.0. The summed E-state index contributed by atoms with van der Waals surface area (Å²) in [6.07, 6.45) is 4.80. The number of benzene rings is 2. The van der Waals surface area contributed by atoms with Gasteiger partial charge in [-0.05, 0) is 17.5 Å². The molecule has 12 nitrogen and oxygen atoms in total. The molecule has 41 heavy (non-hydrogen) atoms. The van der Waals surface area contributed by atoms with Gasteiger partial charge in [-0.1, -0.05) is 30.8 Å². The van der Waals surface area contributed by atoms with Crippen LogP contribution in [0.2, 0.25) is 0 Å². The van der Waals surface area contributed by atoms with Crippen LogP contribution in [0.1, 0.15) is 23.0 Å². The number of carbonyl (C=O) groups is 2. The first-order valence-corrected chi connectivity index (χ1v) is 12.8. The van der Waals surface area contributed by atoms with Crippen molar-refractivity contribution in [2.75, 3.05) is 36.4 Å². The molecule has 2 N–H and O–H groups in total. The van der Waals surface area contributed by atoms with Crippen molar-refractivity contribution in [2.24, 2.45) is 7.05 Å². The number of phenols is 1. The molecule has 210 valence electrons. The molecule has 5 rings (SSSR count). The van der Waals surface area contributed by atoms with E-state index in [-0.39, 0.29) is 30.0 Å². The maximum atomic E-state index is 13.4. The lowest BCUT2D eigenvalue weighted by Gasteiger charge is -2.35. The van der Waals surface area contributed by atoms with Crippen LogP contribution in [0.4, 0.5) is 11.5 Å². The van der Waals surface area contributed by atoms with E-state index < -0.39 is 5.91 Å². The SMILES string of the molecule is C=CC(=O)N1CCN(c2cc(C(=O)Nc3cc(O)cc4ccccc34)nc(OCc3cnn(C)c3)n2)CC1.CC#N. The van der Waals surface area contributed by atoms with Gasteiger partial charge in [0.15, 0.2) is 0 Å². The van der Waals surface area contributed by atoms with E-state index in [2.05, 4.69) is 27.0 Å². The van der Waals surface area contributed by atoms with Crippen LogP contribution in [0.3, 0.4) is 0 Å². The van der Waals surface area contributed by atoms with Crippen LogP contribution in [0.15, 0.2) is 67.5 Å². The number of nitrogens with one attached hydrogen (secondary N) is 1. The second-order valence-electron chi connectivity index (χ2n) is 9.11. The number of amides is 2. The molecule has 0 bridgehead atoms. The third-order valence-corrected chi connectivity index (χ3v) is 6.24. The molecule has 3 heterocycles. The number of carbonyl (C=O) groups excluding carboxylic acids is 2. The predicted octanol–water partition coefficient (Wildman–Crippen LogP) is 3.26. The predicted molar refractivity (Wildman–Crippen MR) is 153 cm³/mol. The molecule has 2 aromatic carbocycles. The van der Waals surface area contributed by atoms with Crippen LogP contribution >= 0.6 is 0 Å². The third kappa shape index (κ3) is 7.15. The topological polar surface area (TPSA) is 150 Å². The summed E-state index contributed by atoms with van der Waals surface area (Å²) in [6.45, 7) is 7.21. The monoisotopic (exact) mass is 554 g/mol. The van der Waals surface area contributed by atoms with Gasteiger partial charge >= 0.3 is 6.01 Å². The highest BCUT2D eigenvalue weighted by atomic mass is 16.5. The zero-order valence-electron chi connectivity index (χ0n) is 22.8. The molecule has 1 fully saturated rings. The van der Waals surface area contributed by atoms with Gasteiger partial charge in [-0.3, -0.25) is 14.3 Å². The molecule has 4 aromatic rings. The fraction of sp³-hybridized carbons (Fsp3) is 0.241. The number of hydrogen-bond acceptors (Lipinski definition) is 9. The molecule has 0 saturated carbocycles. The Hall–Kier alpha value is -5.44. The highest BCUT2D eigenvalue weighted by Gasteiger charge is 2.23. The number of anilines is 2. The Morgan fingerprint density at radius 2 is 1.90 bits per heavy atom. The Bertz CT molecular complexity index is 1600. The molecule has 0 unspecified atom stereocenters. The van der Waals surface area contributed by atoms with E-state index in [1.54, 1.807) is 34.0 Å². The van der Waals surface area contributed by atoms with Crippen LogP contribution in [0.25, 0.3) is 10.8 Å². The van der Waals surface area contributed by atoms with Crippen LogP contribution in [0.5, 0.6) is 11.8 Å². The molecule has 0 radical (unpaired) electrons. The molecule has 1 saturated heterocycles. The number of ether oxygens (including phenoxy) is 1. The molecular weight excluding hydrogens is 524 g/mol. The number of rotatable bonds is 7. The summed E-state index contributed by atoms with van der Waals surface area (Å²) < 4.78 is 7.51. The zero-order valence-corrected chi connectivity index (χ0v) is 22.8. The van der Waals surface area contributed by atoms with E-state index >= 15 is 0 Å². The van der Waals surface area contributed by atoms with E-state index in [0.717, 1.165) is 16.3 Å². The van der Waals surface area contributed by atoms with Gasteiger partial charge in [-0.2, -0.15) is 20.3 Å². The van der Waals surface area contributed by atoms with Crippen molar-refractivity contribution in [1.82, 2.24) is 24.6 Å². The minimum absolute atomic E-state index is 0.0369. The summed E-state index contributed by atoms with van der Waals surface area (Å²) in [5.41, 5.74) is 1.39. The highest BCUT2D eigenvalue weighted by molar-refractivity contribution is 6.09. The summed E-state index contributed by atoms with van der Waals surface area (Å²) >= 11 is 0. The van der Waals surface area contributed by atoms with Gasteiger partial charge in [0.05, 0.1) is 18.0 Å². The van der Waals surface area contributed by atoms with Crippen LogP contribution < -0.4 is 15.0 Å². The quantitative estimate of drug-likeness (QED) is 0.328. The fourth-order valence-electron chi connectivity index (χ4n) is 4.32. The Labute approximate surface area is 237 Å². The van der Waals surface area contributed by atoms with Crippen molar-refractivity contribution in [1.29, 1.82) is 5.26 Å². The van der Waals surface area contributed by atoms with E-state index in [9.17, 15) is 14.7 Å². The average molecular weight is 555 g/mol. The molecular formula is C29H30N8O4. The number of piperazine rings is 1. The average Bonchev–Trinajstić information content (AvgIpc) is 3.40. The van der Waals surface area contributed by atoms with Crippen LogP contribution in [0, 0.1) is 11.3 Å². The first-order valence-electron chi connectivity index (χ1n) is 12.8. The lowest BCUT2D eigenvalue weighted by Crippen LogP contribution is -2.48. The minimum Gasteiger partial charge on any atom is -0.508 e. The number of phenolic OH excluding ortho intramolecular Hbond substituents is 1. The number of aromatic nitrogens is 4. The number of fused-ring (bicyclic) bond motifs is 1. The van der Waals surface area contributed by atoms with Gasteiger partial charge in [0.2, 0.25) is 5.91 Å². The van der Waals surface area contributed by atoms with Crippen molar-refractivity contribution in [3.05, 3.63) is 78.8 Å². The molecule has 2 amide bonds. The maximum Gasteiger partial charge on any atom is 0.319 e. The van der Waals surface area contributed by atoms with Crippen LogP contribution in [-0.2, 0) is 18.4 Å². The van der Waals surface area contributed by atoms with Crippen molar-refractivity contribution < 1.29 is 19.4 Å². The van der Waals surface area contributed by atoms with Gasteiger partial charge in [-0.15, -0.1) is 0 Å². The first kappa shape index (κ1) is 28.6.